The average molecular weight is 204 g/mol. The zero-order valence-electron chi connectivity index (χ0n) is 7.84. The van der Waals surface area contributed by atoms with Gasteiger partial charge in [-0.05, 0) is 32.9 Å². The van der Waals surface area contributed by atoms with E-state index in [0.29, 0.717) is 0 Å². The highest BCUT2D eigenvalue weighted by Crippen LogP contribution is 2.12. The highest BCUT2D eigenvalue weighted by molar-refractivity contribution is 5.74. The molecule has 0 spiro atoms. The molecule has 0 N–H and O–H groups in total. The number of rotatable bonds is 4. The Bertz CT molecular complexity index is 226. The van der Waals surface area contributed by atoms with E-state index in [1.54, 1.807) is 6.92 Å². The van der Waals surface area contributed by atoms with Crippen molar-refractivity contribution >= 4 is 5.97 Å². The van der Waals surface area contributed by atoms with Crippen LogP contribution in [0.3, 0.4) is 0 Å². The van der Waals surface area contributed by atoms with Crippen molar-refractivity contribution in [2.75, 3.05) is 13.1 Å². The van der Waals surface area contributed by atoms with Gasteiger partial charge in [0.1, 0.15) is 6.04 Å². The van der Waals surface area contributed by atoms with Gasteiger partial charge in [-0.1, -0.05) is 4.99 Å². The number of carbonyl (C=O) groups is 1. The van der Waals surface area contributed by atoms with Gasteiger partial charge in [-0.3, -0.25) is 9.79 Å². The normalized spacial score (nSPS) is 18.9. The summed E-state index contributed by atoms with van der Waals surface area (Å²) in [6.45, 7) is 3.26. The molecule has 1 atom stereocenters. The van der Waals surface area contributed by atoms with Crippen molar-refractivity contribution in [1.82, 2.24) is 4.90 Å². The van der Waals surface area contributed by atoms with Crippen molar-refractivity contribution in [1.29, 1.82) is 0 Å². The third kappa shape index (κ3) is 2.84. The largest absolute Gasteiger partial charge is 0.359 e. The summed E-state index contributed by atoms with van der Waals surface area (Å²) in [5.41, 5.74) is 0. The van der Waals surface area contributed by atoms with Crippen LogP contribution < -0.4 is 0 Å². The Balaban J connectivity index is 2.31. The van der Waals surface area contributed by atoms with Crippen LogP contribution in [0.15, 0.2) is 0 Å². The Hall–Kier alpha value is -1.37. The Kier molecular flexibility index (Phi) is 3.63. The minimum Gasteiger partial charge on any atom is -0.291 e. The summed E-state index contributed by atoms with van der Waals surface area (Å²) in [6.07, 6.45) is 2.07. The zero-order valence-corrected chi connectivity index (χ0v) is 7.84. The fourth-order valence-corrected chi connectivity index (χ4v) is 1.41. The standard InChI is InChI=1S/C7H12N2O5/c1-6(8-4-2-3-5-8)7(10)13-14-9(11)12/h6H,2-5H2,1H3. The molecule has 7 heteroatoms. The zero-order chi connectivity index (χ0) is 10.6. The van der Waals surface area contributed by atoms with Gasteiger partial charge in [0.15, 0.2) is 0 Å². The van der Waals surface area contributed by atoms with Gasteiger partial charge in [-0.25, -0.2) is 4.79 Å². The molecule has 0 aliphatic carbocycles. The number of carbonyl (C=O) groups excluding carboxylic acids is 1. The minimum absolute atomic E-state index is 0.488. The van der Waals surface area contributed by atoms with Crippen LogP contribution in [0.4, 0.5) is 0 Å². The van der Waals surface area contributed by atoms with Crippen LogP contribution in [0, 0.1) is 10.1 Å². The maximum atomic E-state index is 11.1. The van der Waals surface area contributed by atoms with Crippen molar-refractivity contribution in [2.45, 2.75) is 25.8 Å². The lowest BCUT2D eigenvalue weighted by Gasteiger charge is -2.20. The third-order valence-electron chi connectivity index (χ3n) is 2.21. The summed E-state index contributed by atoms with van der Waals surface area (Å²) in [5.74, 6) is -0.733. The summed E-state index contributed by atoms with van der Waals surface area (Å²) >= 11 is 0. The first-order valence-electron chi connectivity index (χ1n) is 4.38. The monoisotopic (exact) mass is 204 g/mol. The molecule has 1 rings (SSSR count). The molecule has 0 radical (unpaired) electrons. The molecule has 7 nitrogen and oxygen atoms in total. The van der Waals surface area contributed by atoms with Crippen molar-refractivity contribution in [3.05, 3.63) is 10.1 Å². The summed E-state index contributed by atoms with van der Waals surface area (Å²) < 4.78 is 0. The van der Waals surface area contributed by atoms with E-state index in [9.17, 15) is 14.9 Å². The lowest BCUT2D eigenvalue weighted by Crippen LogP contribution is -2.38. The smallest absolute Gasteiger partial charge is 0.291 e. The average Bonchev–Trinajstić information content (AvgIpc) is 2.65. The van der Waals surface area contributed by atoms with Crippen molar-refractivity contribution in [2.24, 2.45) is 0 Å². The molecule has 1 heterocycles. The predicted molar refractivity (Wildman–Crippen MR) is 44.4 cm³/mol. The van der Waals surface area contributed by atoms with Crippen molar-refractivity contribution in [3.8, 4) is 0 Å². The molecule has 14 heavy (non-hydrogen) atoms. The summed E-state index contributed by atoms with van der Waals surface area (Å²) in [4.78, 5) is 30.3. The first-order valence-corrected chi connectivity index (χ1v) is 4.38. The summed E-state index contributed by atoms with van der Waals surface area (Å²) in [6, 6.07) is -0.488. The minimum atomic E-state index is -1.16. The van der Waals surface area contributed by atoms with Gasteiger partial charge in [0.25, 0.3) is 0 Å². The second kappa shape index (κ2) is 4.75. The second-order valence-corrected chi connectivity index (χ2v) is 3.12. The van der Waals surface area contributed by atoms with Gasteiger partial charge in [-0.2, -0.15) is 0 Å². The molecule has 1 fully saturated rings. The van der Waals surface area contributed by atoms with E-state index < -0.39 is 17.1 Å². The SMILES string of the molecule is CC(C(=O)OO[N+](=O)[O-])N1CCCC1. The topological polar surface area (TPSA) is 81.9 Å². The van der Waals surface area contributed by atoms with Gasteiger partial charge in [-0.15, -0.1) is 10.1 Å². The van der Waals surface area contributed by atoms with Crippen molar-refractivity contribution < 1.29 is 19.8 Å². The van der Waals surface area contributed by atoms with Gasteiger partial charge in [0.05, 0.1) is 0 Å². The van der Waals surface area contributed by atoms with Crippen LogP contribution in [-0.4, -0.2) is 35.1 Å². The molecule has 1 saturated heterocycles. The van der Waals surface area contributed by atoms with E-state index >= 15 is 0 Å². The summed E-state index contributed by atoms with van der Waals surface area (Å²) in [7, 11) is 0. The first-order chi connectivity index (χ1) is 6.61. The molecule has 0 aromatic carbocycles. The predicted octanol–water partition coefficient (Wildman–Crippen LogP) is 0.137. The van der Waals surface area contributed by atoms with Crippen LogP contribution in [0.5, 0.6) is 0 Å². The molecular formula is C7H12N2O5. The molecule has 0 saturated carbocycles. The Morgan fingerprint density at radius 2 is 2.07 bits per heavy atom. The van der Waals surface area contributed by atoms with Gasteiger partial charge in [0.2, 0.25) is 0 Å². The Morgan fingerprint density at radius 3 is 2.57 bits per heavy atom. The quantitative estimate of drug-likeness (QED) is 0.368. The molecule has 1 aliphatic heterocycles. The maximum Gasteiger partial charge on any atom is 0.359 e. The second-order valence-electron chi connectivity index (χ2n) is 3.12. The first kappa shape index (κ1) is 10.7. The van der Waals surface area contributed by atoms with Crippen molar-refractivity contribution in [3.63, 3.8) is 0 Å². The van der Waals surface area contributed by atoms with Crippen LogP contribution in [0.1, 0.15) is 19.8 Å². The van der Waals surface area contributed by atoms with E-state index in [1.807, 2.05) is 4.90 Å². The van der Waals surface area contributed by atoms with Gasteiger partial charge in [0, 0.05) is 0 Å². The fourth-order valence-electron chi connectivity index (χ4n) is 1.41. The van der Waals surface area contributed by atoms with Crippen LogP contribution >= 0.6 is 0 Å². The fraction of sp³-hybridized carbons (Fsp3) is 0.857. The lowest BCUT2D eigenvalue weighted by atomic mass is 10.3. The van der Waals surface area contributed by atoms with E-state index in [1.165, 1.54) is 0 Å². The number of hydrogen-bond acceptors (Lipinski definition) is 6. The van der Waals surface area contributed by atoms with E-state index in [2.05, 4.69) is 9.88 Å². The summed E-state index contributed by atoms with van der Waals surface area (Å²) in [5, 5.41) is 8.58. The molecule has 0 aromatic heterocycles. The Morgan fingerprint density at radius 1 is 1.50 bits per heavy atom. The molecule has 80 valence electrons. The maximum absolute atomic E-state index is 11.1. The lowest BCUT2D eigenvalue weighted by molar-refractivity contribution is -0.839. The molecule has 1 unspecified atom stereocenters. The molecule has 0 bridgehead atoms. The molecule has 0 amide bonds. The van der Waals surface area contributed by atoms with E-state index in [4.69, 9.17) is 0 Å². The molecule has 1 aliphatic rings. The number of nitrogens with zero attached hydrogens (tertiary/aromatic N) is 2. The van der Waals surface area contributed by atoms with Gasteiger partial charge >= 0.3 is 11.1 Å². The number of hydrogen-bond donors (Lipinski definition) is 0. The highest BCUT2D eigenvalue weighted by Gasteiger charge is 2.26. The van der Waals surface area contributed by atoms with Crippen LogP contribution in [-0.2, 0) is 14.7 Å². The number of likely N-dealkylation sites (tertiary alicyclic amines) is 1. The van der Waals surface area contributed by atoms with E-state index in [0.717, 1.165) is 25.9 Å². The van der Waals surface area contributed by atoms with Crippen LogP contribution in [0.25, 0.3) is 0 Å². The van der Waals surface area contributed by atoms with Gasteiger partial charge < -0.3 is 0 Å². The molecular weight excluding hydrogens is 192 g/mol. The molecule has 0 aromatic rings. The van der Waals surface area contributed by atoms with E-state index in [-0.39, 0.29) is 0 Å². The Labute approximate surface area is 80.6 Å². The van der Waals surface area contributed by atoms with Crippen LogP contribution in [0.2, 0.25) is 0 Å². The third-order valence-corrected chi connectivity index (χ3v) is 2.21. The highest BCUT2D eigenvalue weighted by atomic mass is 17.3.